The van der Waals surface area contributed by atoms with Crippen LogP contribution in [-0.2, 0) is 10.0 Å². The molecule has 0 saturated heterocycles. The van der Waals surface area contributed by atoms with Crippen molar-refractivity contribution >= 4 is 32.6 Å². The second-order valence-corrected chi connectivity index (χ2v) is 7.50. The number of hydrogen-bond donors (Lipinski definition) is 3. The molecule has 0 fully saturated rings. The van der Waals surface area contributed by atoms with E-state index in [9.17, 15) is 18.3 Å². The molecule has 2 aromatic carbocycles. The Morgan fingerprint density at radius 3 is 2.48 bits per heavy atom. The molecule has 0 atom stereocenters. The lowest BCUT2D eigenvalue weighted by Crippen LogP contribution is -2.16. The molecule has 3 aromatic rings. The molecule has 3 N–H and O–H groups in total. The van der Waals surface area contributed by atoms with Crippen LogP contribution in [-0.4, -0.2) is 38.7 Å². The third kappa shape index (κ3) is 3.41. The Labute approximate surface area is 155 Å². The zero-order valence-corrected chi connectivity index (χ0v) is 15.7. The second-order valence-electron chi connectivity index (χ2n) is 5.85. The monoisotopic (exact) mass is 390 g/mol. The molecule has 0 radical (unpaired) electrons. The van der Waals surface area contributed by atoms with Crippen LogP contribution in [0.3, 0.4) is 0 Å². The van der Waals surface area contributed by atoms with E-state index in [1.54, 1.807) is 37.3 Å². The Morgan fingerprint density at radius 2 is 1.85 bits per heavy atom. The number of aromatic carboxylic acids is 1. The number of H-pyrrole nitrogens is 1. The van der Waals surface area contributed by atoms with Gasteiger partial charge in [-0.15, -0.1) is 0 Å². The van der Waals surface area contributed by atoms with Crippen molar-refractivity contribution in [3.8, 4) is 11.5 Å². The summed E-state index contributed by atoms with van der Waals surface area (Å²) in [5.41, 5.74) is 0.839. The van der Waals surface area contributed by atoms with Gasteiger partial charge in [0, 0.05) is 10.9 Å². The molecule has 142 valence electrons. The summed E-state index contributed by atoms with van der Waals surface area (Å²) < 4.78 is 38.6. The van der Waals surface area contributed by atoms with Gasteiger partial charge >= 0.3 is 5.97 Å². The van der Waals surface area contributed by atoms with Crippen LogP contribution in [0.4, 0.5) is 5.69 Å². The molecule has 8 nitrogen and oxygen atoms in total. The van der Waals surface area contributed by atoms with E-state index in [1.807, 2.05) is 0 Å². The fourth-order valence-corrected chi connectivity index (χ4v) is 4.10. The number of carbonyl (C=O) groups is 1. The molecule has 0 amide bonds. The summed E-state index contributed by atoms with van der Waals surface area (Å²) in [7, 11) is -1.29. The summed E-state index contributed by atoms with van der Waals surface area (Å²) in [6, 6.07) is 9.54. The van der Waals surface area contributed by atoms with E-state index in [2.05, 4.69) is 9.71 Å². The maximum Gasteiger partial charge on any atom is 0.354 e. The van der Waals surface area contributed by atoms with Crippen molar-refractivity contribution in [2.24, 2.45) is 0 Å². The number of aromatic amines is 1. The van der Waals surface area contributed by atoms with Crippen LogP contribution in [0.2, 0.25) is 0 Å². The first kappa shape index (κ1) is 18.6. The lowest BCUT2D eigenvalue weighted by molar-refractivity contribution is 0.0692. The number of carboxylic acid groups (broad SMARTS) is 1. The first-order chi connectivity index (χ1) is 12.8. The third-order valence-corrected chi connectivity index (χ3v) is 5.44. The molecule has 1 heterocycles. The summed E-state index contributed by atoms with van der Waals surface area (Å²) in [4.78, 5) is 14.3. The van der Waals surface area contributed by atoms with Crippen molar-refractivity contribution < 1.29 is 27.8 Å². The summed E-state index contributed by atoms with van der Waals surface area (Å²) in [5, 5.41) is 9.86. The van der Waals surface area contributed by atoms with E-state index in [1.165, 1.54) is 20.3 Å². The van der Waals surface area contributed by atoms with Crippen LogP contribution in [0.1, 0.15) is 16.1 Å². The average Bonchev–Trinajstić information content (AvgIpc) is 2.99. The van der Waals surface area contributed by atoms with E-state index in [4.69, 9.17) is 9.47 Å². The van der Waals surface area contributed by atoms with Gasteiger partial charge in [-0.3, -0.25) is 4.72 Å². The van der Waals surface area contributed by atoms with Crippen molar-refractivity contribution in [3.63, 3.8) is 0 Å². The zero-order chi connectivity index (χ0) is 19.8. The van der Waals surface area contributed by atoms with Gasteiger partial charge in [-0.05, 0) is 42.8 Å². The topological polar surface area (TPSA) is 118 Å². The average molecular weight is 390 g/mol. The van der Waals surface area contributed by atoms with Crippen LogP contribution in [0.5, 0.6) is 11.5 Å². The number of ether oxygens (including phenoxy) is 2. The quantitative estimate of drug-likeness (QED) is 0.596. The summed E-state index contributed by atoms with van der Waals surface area (Å²) in [6.07, 6.45) is 0. The number of sulfonamides is 1. The molecule has 0 aliphatic carbocycles. The minimum absolute atomic E-state index is 0.0695. The van der Waals surface area contributed by atoms with Gasteiger partial charge in [0.1, 0.15) is 22.1 Å². The minimum Gasteiger partial charge on any atom is -0.497 e. The molecule has 0 aliphatic rings. The van der Waals surface area contributed by atoms with Crippen molar-refractivity contribution in [1.29, 1.82) is 0 Å². The van der Waals surface area contributed by atoms with Crippen molar-refractivity contribution in [2.45, 2.75) is 11.8 Å². The Balaban J connectivity index is 2.19. The molecule has 3 rings (SSSR count). The SMILES string of the molecule is COc1ccc2[nH]c(C(=O)O)c(NS(=O)(=O)c3cc(C)ccc3OC)c2c1. The number of fused-ring (bicyclic) bond motifs is 1. The summed E-state index contributed by atoms with van der Waals surface area (Å²) in [5.74, 6) is -0.673. The summed E-state index contributed by atoms with van der Waals surface area (Å²) in [6.45, 7) is 1.75. The number of aryl methyl sites for hydroxylation is 1. The van der Waals surface area contributed by atoms with Gasteiger partial charge in [0.2, 0.25) is 0 Å². The molecule has 9 heteroatoms. The van der Waals surface area contributed by atoms with Crippen molar-refractivity contribution in [1.82, 2.24) is 4.98 Å². The second kappa shape index (κ2) is 6.84. The number of anilines is 1. The fourth-order valence-electron chi connectivity index (χ4n) is 2.75. The van der Waals surface area contributed by atoms with Gasteiger partial charge < -0.3 is 19.6 Å². The molecule has 0 saturated carbocycles. The van der Waals surface area contributed by atoms with Crippen molar-refractivity contribution in [2.75, 3.05) is 18.9 Å². The maximum atomic E-state index is 13.0. The molecular weight excluding hydrogens is 372 g/mol. The Kier molecular flexibility index (Phi) is 4.71. The minimum atomic E-state index is -4.11. The van der Waals surface area contributed by atoms with Crippen molar-refractivity contribution in [3.05, 3.63) is 47.7 Å². The first-order valence-corrected chi connectivity index (χ1v) is 9.35. The van der Waals surface area contributed by atoms with E-state index in [-0.39, 0.29) is 22.0 Å². The highest BCUT2D eigenvalue weighted by molar-refractivity contribution is 7.92. The molecule has 27 heavy (non-hydrogen) atoms. The number of nitrogens with one attached hydrogen (secondary N) is 2. The number of methoxy groups -OCH3 is 2. The van der Waals surface area contributed by atoms with E-state index in [0.29, 0.717) is 16.7 Å². The highest BCUT2D eigenvalue weighted by Gasteiger charge is 2.25. The van der Waals surface area contributed by atoms with E-state index in [0.717, 1.165) is 5.56 Å². The van der Waals surface area contributed by atoms with Gasteiger partial charge in [0.05, 0.1) is 19.9 Å². The third-order valence-electron chi connectivity index (χ3n) is 4.06. The number of benzene rings is 2. The Hall–Kier alpha value is -3.20. The number of aromatic nitrogens is 1. The number of rotatable bonds is 6. The molecular formula is C18H18N2O6S. The van der Waals surface area contributed by atoms with Gasteiger partial charge in [-0.25, -0.2) is 13.2 Å². The molecule has 0 unspecified atom stereocenters. The smallest absolute Gasteiger partial charge is 0.354 e. The van der Waals surface area contributed by atoms with Crippen LogP contribution in [0.15, 0.2) is 41.3 Å². The lowest BCUT2D eigenvalue weighted by atomic mass is 10.2. The summed E-state index contributed by atoms with van der Waals surface area (Å²) >= 11 is 0. The molecule has 0 aliphatic heterocycles. The van der Waals surface area contributed by atoms with Gasteiger partial charge in [-0.2, -0.15) is 0 Å². The van der Waals surface area contributed by atoms with Crippen LogP contribution in [0, 0.1) is 6.92 Å². The standard InChI is InChI=1S/C18H18N2O6S/c1-10-4-7-14(26-3)15(8-10)27(23,24)20-16-12-9-11(25-2)5-6-13(12)19-17(16)18(21)22/h4-9,19-20H,1-3H3,(H,21,22). The Morgan fingerprint density at radius 1 is 1.11 bits per heavy atom. The molecule has 1 aromatic heterocycles. The van der Waals surface area contributed by atoms with Crippen LogP contribution < -0.4 is 14.2 Å². The molecule has 0 spiro atoms. The maximum absolute atomic E-state index is 13.0. The normalized spacial score (nSPS) is 11.4. The number of hydrogen-bond acceptors (Lipinski definition) is 5. The van der Waals surface area contributed by atoms with E-state index < -0.39 is 16.0 Å². The Bertz CT molecular complexity index is 1130. The van der Waals surface area contributed by atoms with Gasteiger partial charge in [0.25, 0.3) is 10.0 Å². The predicted molar refractivity (Wildman–Crippen MR) is 100 cm³/mol. The van der Waals surface area contributed by atoms with Crippen LogP contribution in [0.25, 0.3) is 10.9 Å². The highest BCUT2D eigenvalue weighted by atomic mass is 32.2. The molecule has 0 bridgehead atoms. The van der Waals surface area contributed by atoms with Gasteiger partial charge in [-0.1, -0.05) is 6.07 Å². The highest BCUT2D eigenvalue weighted by Crippen LogP contribution is 2.34. The van der Waals surface area contributed by atoms with E-state index >= 15 is 0 Å². The number of carboxylic acids is 1. The fraction of sp³-hybridized carbons (Fsp3) is 0.167. The predicted octanol–water partition coefficient (Wildman–Crippen LogP) is 2.99. The van der Waals surface area contributed by atoms with Crippen LogP contribution >= 0.6 is 0 Å². The largest absolute Gasteiger partial charge is 0.497 e. The van der Waals surface area contributed by atoms with Gasteiger partial charge in [0.15, 0.2) is 0 Å². The first-order valence-electron chi connectivity index (χ1n) is 7.87. The lowest BCUT2D eigenvalue weighted by Gasteiger charge is -2.12. The zero-order valence-electron chi connectivity index (χ0n) is 14.9.